The quantitative estimate of drug-likeness (QED) is 0.500. The molecule has 0 spiro atoms. The Bertz CT molecular complexity index is 1200. The predicted molar refractivity (Wildman–Crippen MR) is 120 cm³/mol. The van der Waals surface area contributed by atoms with Crippen molar-refractivity contribution >= 4 is 16.8 Å². The van der Waals surface area contributed by atoms with Crippen LogP contribution in [0.4, 0.5) is 0 Å². The maximum Gasteiger partial charge on any atom is 0.256 e. The summed E-state index contributed by atoms with van der Waals surface area (Å²) in [5, 5.41) is 0.966. The van der Waals surface area contributed by atoms with Gasteiger partial charge in [-0.1, -0.05) is 54.6 Å². The van der Waals surface area contributed by atoms with Crippen LogP contribution in [0.5, 0.6) is 0 Å². The van der Waals surface area contributed by atoms with E-state index in [-0.39, 0.29) is 12.0 Å². The Morgan fingerprint density at radius 2 is 1.81 bits per heavy atom. The molecule has 1 amide bonds. The number of aromatic nitrogens is 2. The predicted octanol–water partition coefficient (Wildman–Crippen LogP) is 4.43. The van der Waals surface area contributed by atoms with Crippen molar-refractivity contribution in [1.82, 2.24) is 14.9 Å². The number of para-hydroxylation sites is 1. The number of nitrogens with zero attached hydrogens (tertiary/aromatic N) is 3. The van der Waals surface area contributed by atoms with Crippen LogP contribution in [-0.4, -0.2) is 40.5 Å². The Hall–Kier alpha value is -3.57. The molecule has 1 aliphatic heterocycles. The number of pyridine rings is 2. The fraction of sp³-hybridized carbons (Fsp3) is 0.192. The minimum absolute atomic E-state index is 0.0157. The summed E-state index contributed by atoms with van der Waals surface area (Å²) in [6.07, 6.45) is 2.26. The molecule has 3 heterocycles. The molecule has 1 atom stereocenters. The van der Waals surface area contributed by atoms with E-state index in [1.807, 2.05) is 71.6 Å². The zero-order chi connectivity index (χ0) is 21.0. The van der Waals surface area contributed by atoms with E-state index < -0.39 is 0 Å². The number of benzene rings is 2. The SMILES string of the molecule is O=C(c1cccc2cccnc12)N1CCOC(c2cccc(Cc3ccccc3)n2)C1. The van der Waals surface area contributed by atoms with E-state index in [0.29, 0.717) is 25.3 Å². The summed E-state index contributed by atoms with van der Waals surface area (Å²) in [5.74, 6) is -0.0157. The van der Waals surface area contributed by atoms with Gasteiger partial charge in [-0.05, 0) is 29.8 Å². The lowest BCUT2D eigenvalue weighted by Crippen LogP contribution is -2.42. The third-order valence-corrected chi connectivity index (χ3v) is 5.60. The summed E-state index contributed by atoms with van der Waals surface area (Å²) >= 11 is 0. The second-order valence-electron chi connectivity index (χ2n) is 7.71. The maximum absolute atomic E-state index is 13.3. The van der Waals surface area contributed by atoms with Gasteiger partial charge in [0.05, 0.1) is 29.9 Å². The van der Waals surface area contributed by atoms with Crippen LogP contribution in [0.15, 0.2) is 85.1 Å². The van der Waals surface area contributed by atoms with Gasteiger partial charge in [-0.25, -0.2) is 0 Å². The molecule has 1 fully saturated rings. The fourth-order valence-corrected chi connectivity index (χ4v) is 4.04. The molecule has 1 saturated heterocycles. The van der Waals surface area contributed by atoms with Crippen molar-refractivity contribution in [1.29, 1.82) is 0 Å². The molecule has 31 heavy (non-hydrogen) atoms. The summed E-state index contributed by atoms with van der Waals surface area (Å²) in [4.78, 5) is 24.4. The first-order chi connectivity index (χ1) is 15.3. The molecule has 0 aliphatic carbocycles. The highest BCUT2D eigenvalue weighted by Gasteiger charge is 2.28. The monoisotopic (exact) mass is 409 g/mol. The lowest BCUT2D eigenvalue weighted by Gasteiger charge is -2.33. The molecule has 2 aromatic heterocycles. The molecule has 4 aromatic rings. The van der Waals surface area contributed by atoms with Crippen LogP contribution in [0, 0.1) is 0 Å². The number of hydrogen-bond donors (Lipinski definition) is 0. The zero-order valence-corrected chi connectivity index (χ0v) is 17.1. The second kappa shape index (κ2) is 8.66. The molecule has 5 nitrogen and oxygen atoms in total. The van der Waals surface area contributed by atoms with Gasteiger partial charge < -0.3 is 9.64 Å². The summed E-state index contributed by atoms with van der Waals surface area (Å²) in [5.41, 5.74) is 4.44. The van der Waals surface area contributed by atoms with E-state index in [1.165, 1.54) is 5.56 Å². The molecule has 0 radical (unpaired) electrons. The van der Waals surface area contributed by atoms with Gasteiger partial charge in [0.2, 0.25) is 0 Å². The number of hydrogen-bond acceptors (Lipinski definition) is 4. The van der Waals surface area contributed by atoms with Gasteiger partial charge in [0, 0.05) is 30.2 Å². The fourth-order valence-electron chi connectivity index (χ4n) is 4.04. The minimum Gasteiger partial charge on any atom is -0.368 e. The number of morpholine rings is 1. The molecular weight excluding hydrogens is 386 g/mol. The van der Waals surface area contributed by atoms with Gasteiger partial charge in [-0.2, -0.15) is 0 Å². The summed E-state index contributed by atoms with van der Waals surface area (Å²) in [7, 11) is 0. The number of carbonyl (C=O) groups is 1. The van der Waals surface area contributed by atoms with Crippen molar-refractivity contribution in [2.45, 2.75) is 12.5 Å². The molecule has 1 unspecified atom stereocenters. The number of rotatable bonds is 4. The summed E-state index contributed by atoms with van der Waals surface area (Å²) < 4.78 is 6.00. The van der Waals surface area contributed by atoms with E-state index in [0.717, 1.165) is 28.7 Å². The van der Waals surface area contributed by atoms with Gasteiger partial charge in [0.25, 0.3) is 5.91 Å². The largest absolute Gasteiger partial charge is 0.368 e. The van der Waals surface area contributed by atoms with E-state index >= 15 is 0 Å². The number of amides is 1. The summed E-state index contributed by atoms with van der Waals surface area (Å²) in [6.45, 7) is 1.52. The van der Waals surface area contributed by atoms with Crippen LogP contribution in [0.25, 0.3) is 10.9 Å². The topological polar surface area (TPSA) is 55.3 Å². The smallest absolute Gasteiger partial charge is 0.256 e. The van der Waals surface area contributed by atoms with Crippen molar-refractivity contribution in [2.75, 3.05) is 19.7 Å². The lowest BCUT2D eigenvalue weighted by atomic mass is 10.1. The Balaban J connectivity index is 1.36. The van der Waals surface area contributed by atoms with Gasteiger partial charge >= 0.3 is 0 Å². The van der Waals surface area contributed by atoms with Gasteiger partial charge in [0.1, 0.15) is 6.10 Å². The first kappa shape index (κ1) is 19.4. The highest BCUT2D eigenvalue weighted by molar-refractivity contribution is 6.05. The van der Waals surface area contributed by atoms with Crippen LogP contribution >= 0.6 is 0 Å². The molecule has 0 N–H and O–H groups in total. The molecule has 0 saturated carbocycles. The molecule has 2 aromatic carbocycles. The standard InChI is InChI=1S/C26H23N3O2/c30-26(22-12-4-9-20-10-6-14-27-25(20)22)29-15-16-31-24(18-29)23-13-5-11-21(28-23)17-19-7-2-1-3-8-19/h1-14,24H,15-18H2. The molecule has 5 heteroatoms. The Labute approximate surface area is 181 Å². The van der Waals surface area contributed by atoms with Crippen molar-refractivity contribution in [3.8, 4) is 0 Å². The number of ether oxygens (including phenoxy) is 1. The first-order valence-corrected chi connectivity index (χ1v) is 10.5. The first-order valence-electron chi connectivity index (χ1n) is 10.5. The van der Waals surface area contributed by atoms with Gasteiger partial charge in [0.15, 0.2) is 0 Å². The number of fused-ring (bicyclic) bond motifs is 1. The van der Waals surface area contributed by atoms with Crippen LogP contribution in [-0.2, 0) is 11.2 Å². The van der Waals surface area contributed by atoms with Crippen LogP contribution in [0.2, 0.25) is 0 Å². The minimum atomic E-state index is -0.239. The normalized spacial score (nSPS) is 16.4. The summed E-state index contributed by atoms with van der Waals surface area (Å²) in [6, 6.07) is 25.9. The highest BCUT2D eigenvalue weighted by atomic mass is 16.5. The van der Waals surface area contributed by atoms with Crippen LogP contribution in [0.3, 0.4) is 0 Å². The van der Waals surface area contributed by atoms with Crippen molar-refractivity contribution < 1.29 is 9.53 Å². The van der Waals surface area contributed by atoms with Crippen LogP contribution in [0.1, 0.15) is 33.4 Å². The van der Waals surface area contributed by atoms with Crippen LogP contribution < -0.4 is 0 Å². The van der Waals surface area contributed by atoms with E-state index in [2.05, 4.69) is 17.1 Å². The molecule has 154 valence electrons. The van der Waals surface area contributed by atoms with Crippen molar-refractivity contribution in [2.24, 2.45) is 0 Å². The lowest BCUT2D eigenvalue weighted by molar-refractivity contribution is -0.0247. The van der Waals surface area contributed by atoms with E-state index in [9.17, 15) is 4.79 Å². The van der Waals surface area contributed by atoms with Crippen molar-refractivity contribution in [3.63, 3.8) is 0 Å². The van der Waals surface area contributed by atoms with E-state index in [1.54, 1.807) is 6.20 Å². The Kier molecular flexibility index (Phi) is 5.42. The third-order valence-electron chi connectivity index (χ3n) is 5.60. The second-order valence-corrected chi connectivity index (χ2v) is 7.71. The Morgan fingerprint density at radius 1 is 0.968 bits per heavy atom. The molecule has 0 bridgehead atoms. The van der Waals surface area contributed by atoms with Gasteiger partial charge in [-0.15, -0.1) is 0 Å². The van der Waals surface area contributed by atoms with Gasteiger partial charge in [-0.3, -0.25) is 14.8 Å². The molecular formula is C26H23N3O2. The average Bonchev–Trinajstić information content (AvgIpc) is 2.84. The molecule has 1 aliphatic rings. The highest BCUT2D eigenvalue weighted by Crippen LogP contribution is 2.24. The maximum atomic E-state index is 13.3. The number of carbonyl (C=O) groups excluding carboxylic acids is 1. The zero-order valence-electron chi connectivity index (χ0n) is 17.1. The Morgan fingerprint density at radius 3 is 2.71 bits per heavy atom. The van der Waals surface area contributed by atoms with E-state index in [4.69, 9.17) is 9.72 Å². The molecule has 5 rings (SSSR count). The van der Waals surface area contributed by atoms with Crippen molar-refractivity contribution in [3.05, 3.63) is 108 Å². The third kappa shape index (κ3) is 4.18. The average molecular weight is 409 g/mol.